The first-order chi connectivity index (χ1) is 14.6. The van der Waals surface area contributed by atoms with Gasteiger partial charge in [-0.15, -0.1) is 0 Å². The Kier molecular flexibility index (Phi) is 6.35. The topological polar surface area (TPSA) is 66.5 Å². The van der Waals surface area contributed by atoms with Crippen LogP contribution in [-0.4, -0.2) is 31.2 Å². The van der Waals surface area contributed by atoms with Gasteiger partial charge >= 0.3 is 0 Å². The molecule has 4 rings (SSSR count). The summed E-state index contributed by atoms with van der Waals surface area (Å²) in [7, 11) is -3.78. The van der Waals surface area contributed by atoms with E-state index in [4.69, 9.17) is 0 Å². The molecule has 0 aromatic heterocycles. The van der Waals surface area contributed by atoms with Gasteiger partial charge in [-0.1, -0.05) is 54.1 Å². The lowest BCUT2D eigenvalue weighted by atomic mass is 9.95. The van der Waals surface area contributed by atoms with Crippen LogP contribution in [0.4, 0.5) is 0 Å². The van der Waals surface area contributed by atoms with Crippen LogP contribution in [0.1, 0.15) is 43.2 Å². The van der Waals surface area contributed by atoms with Crippen LogP contribution in [0, 0.1) is 0 Å². The minimum atomic E-state index is -3.78. The van der Waals surface area contributed by atoms with Gasteiger partial charge in [-0.05, 0) is 61.8 Å². The van der Waals surface area contributed by atoms with Gasteiger partial charge in [-0.25, -0.2) is 8.42 Å². The number of nitrogens with one attached hydrogen (secondary N) is 1. The molecule has 6 heteroatoms. The van der Waals surface area contributed by atoms with Gasteiger partial charge in [0.15, 0.2) is 0 Å². The molecule has 0 fully saturated rings. The Morgan fingerprint density at radius 1 is 1.00 bits per heavy atom. The number of amides is 1. The van der Waals surface area contributed by atoms with Gasteiger partial charge in [0.2, 0.25) is 15.9 Å². The molecule has 2 aliphatic rings. The van der Waals surface area contributed by atoms with Gasteiger partial charge in [0.1, 0.15) is 6.04 Å². The number of nitrogens with zero attached hydrogens (tertiary/aromatic N) is 1. The molecule has 158 valence electrons. The minimum absolute atomic E-state index is 0.205. The third-order valence-corrected chi connectivity index (χ3v) is 7.86. The summed E-state index contributed by atoms with van der Waals surface area (Å²) in [6, 6.07) is 15.4. The summed E-state index contributed by atoms with van der Waals surface area (Å²) in [6.07, 6.45) is 8.16. The van der Waals surface area contributed by atoms with Crippen molar-refractivity contribution in [1.29, 1.82) is 0 Å². The van der Waals surface area contributed by atoms with Gasteiger partial charge in [-0.2, -0.15) is 4.31 Å². The number of fused-ring (bicyclic) bond motifs is 1. The first-order valence-electron chi connectivity index (χ1n) is 10.6. The Morgan fingerprint density at radius 3 is 2.47 bits per heavy atom. The standard InChI is InChI=1S/C24H28N2O3S/c27-24(25-16-15-19-9-3-1-4-10-19)23-17-20-11-7-8-12-21(20)18-26(23)30(28,29)22-13-5-2-6-14-22/h2,5-9,11-14,23H,1,3-4,10,15-18H2,(H,25,27)/t23-/m0/s1. The molecule has 2 aromatic carbocycles. The van der Waals surface area contributed by atoms with Gasteiger partial charge in [0.25, 0.3) is 0 Å². The molecule has 0 radical (unpaired) electrons. The predicted molar refractivity (Wildman–Crippen MR) is 117 cm³/mol. The van der Waals surface area contributed by atoms with Crippen molar-refractivity contribution < 1.29 is 13.2 Å². The van der Waals surface area contributed by atoms with Crippen LogP contribution < -0.4 is 5.32 Å². The van der Waals surface area contributed by atoms with Crippen LogP contribution >= 0.6 is 0 Å². The van der Waals surface area contributed by atoms with Crippen LogP contribution in [0.2, 0.25) is 0 Å². The molecular weight excluding hydrogens is 396 g/mol. The smallest absolute Gasteiger partial charge is 0.244 e. The number of rotatable bonds is 6. The van der Waals surface area contributed by atoms with Crippen LogP contribution in [0.25, 0.3) is 0 Å². The second-order valence-corrected chi connectivity index (χ2v) is 9.89. The molecule has 0 saturated heterocycles. The second kappa shape index (κ2) is 9.14. The average molecular weight is 425 g/mol. The van der Waals surface area contributed by atoms with Crippen molar-refractivity contribution in [1.82, 2.24) is 9.62 Å². The van der Waals surface area contributed by atoms with E-state index in [1.807, 2.05) is 24.3 Å². The number of allylic oxidation sites excluding steroid dienone is 1. The number of sulfonamides is 1. The summed E-state index contributed by atoms with van der Waals surface area (Å²) in [5.74, 6) is -0.222. The van der Waals surface area contributed by atoms with Crippen LogP contribution in [0.3, 0.4) is 0 Å². The van der Waals surface area contributed by atoms with E-state index in [2.05, 4.69) is 11.4 Å². The zero-order valence-corrected chi connectivity index (χ0v) is 17.9. The predicted octanol–water partition coefficient (Wildman–Crippen LogP) is 3.81. The largest absolute Gasteiger partial charge is 0.354 e. The number of carbonyl (C=O) groups is 1. The zero-order valence-electron chi connectivity index (χ0n) is 17.1. The molecule has 5 nitrogen and oxygen atoms in total. The summed E-state index contributed by atoms with van der Waals surface area (Å²) in [6.45, 7) is 0.749. The maximum atomic E-state index is 13.4. The van der Waals surface area contributed by atoms with E-state index in [0.29, 0.717) is 13.0 Å². The van der Waals surface area contributed by atoms with Gasteiger partial charge in [0, 0.05) is 13.1 Å². The van der Waals surface area contributed by atoms with E-state index in [-0.39, 0.29) is 17.3 Å². The molecule has 1 aliphatic carbocycles. The van der Waals surface area contributed by atoms with Crippen molar-refractivity contribution in [3.63, 3.8) is 0 Å². The third-order valence-electron chi connectivity index (χ3n) is 5.99. The monoisotopic (exact) mass is 424 g/mol. The van der Waals surface area contributed by atoms with E-state index in [1.54, 1.807) is 30.3 Å². The van der Waals surface area contributed by atoms with Crippen LogP contribution in [-0.2, 0) is 27.8 Å². The maximum Gasteiger partial charge on any atom is 0.244 e. The van der Waals surface area contributed by atoms with E-state index in [0.717, 1.165) is 30.4 Å². The number of hydrogen-bond donors (Lipinski definition) is 1. The lowest BCUT2D eigenvalue weighted by molar-refractivity contribution is -0.125. The highest BCUT2D eigenvalue weighted by atomic mass is 32.2. The van der Waals surface area contributed by atoms with Crippen molar-refractivity contribution in [2.75, 3.05) is 6.54 Å². The van der Waals surface area contributed by atoms with E-state index >= 15 is 0 Å². The maximum absolute atomic E-state index is 13.4. The summed E-state index contributed by atoms with van der Waals surface area (Å²) >= 11 is 0. The number of benzene rings is 2. The van der Waals surface area contributed by atoms with Crippen molar-refractivity contribution in [3.05, 3.63) is 77.4 Å². The van der Waals surface area contributed by atoms with E-state index in [1.165, 1.54) is 22.7 Å². The fourth-order valence-electron chi connectivity index (χ4n) is 4.30. The fraction of sp³-hybridized carbons (Fsp3) is 0.375. The third kappa shape index (κ3) is 4.50. The zero-order chi connectivity index (χ0) is 21.0. The first kappa shape index (κ1) is 20.8. The second-order valence-electron chi connectivity index (χ2n) is 8.00. The molecular formula is C24H28N2O3S. The average Bonchev–Trinajstić information content (AvgIpc) is 2.79. The fourth-order valence-corrected chi connectivity index (χ4v) is 5.88. The highest BCUT2D eigenvalue weighted by molar-refractivity contribution is 7.89. The lowest BCUT2D eigenvalue weighted by Gasteiger charge is -2.35. The van der Waals surface area contributed by atoms with Gasteiger partial charge < -0.3 is 5.32 Å². The summed E-state index contributed by atoms with van der Waals surface area (Å²) in [4.78, 5) is 13.3. The molecule has 30 heavy (non-hydrogen) atoms. The minimum Gasteiger partial charge on any atom is -0.354 e. The lowest BCUT2D eigenvalue weighted by Crippen LogP contribution is -2.52. The van der Waals surface area contributed by atoms with Crippen molar-refractivity contribution >= 4 is 15.9 Å². The Bertz CT molecular complexity index is 1030. The van der Waals surface area contributed by atoms with E-state index in [9.17, 15) is 13.2 Å². The molecule has 1 atom stereocenters. The first-order valence-corrected chi connectivity index (χ1v) is 12.1. The van der Waals surface area contributed by atoms with Crippen molar-refractivity contribution in [3.8, 4) is 0 Å². The van der Waals surface area contributed by atoms with Gasteiger partial charge in [-0.3, -0.25) is 4.79 Å². The molecule has 0 spiro atoms. The summed E-state index contributed by atoms with van der Waals surface area (Å²) in [5, 5.41) is 3.00. The number of carbonyl (C=O) groups excluding carboxylic acids is 1. The number of hydrogen-bond acceptors (Lipinski definition) is 3. The highest BCUT2D eigenvalue weighted by Gasteiger charge is 2.39. The molecule has 0 bridgehead atoms. The normalized spacial score (nSPS) is 19.6. The Morgan fingerprint density at radius 2 is 1.73 bits per heavy atom. The molecule has 1 aliphatic heterocycles. The molecule has 0 unspecified atom stereocenters. The Hall–Kier alpha value is -2.44. The molecule has 1 N–H and O–H groups in total. The van der Waals surface area contributed by atoms with Crippen LogP contribution in [0.15, 0.2) is 71.1 Å². The molecule has 1 heterocycles. The van der Waals surface area contributed by atoms with Gasteiger partial charge in [0.05, 0.1) is 4.90 Å². The van der Waals surface area contributed by atoms with Crippen LogP contribution in [0.5, 0.6) is 0 Å². The Labute approximate surface area is 178 Å². The molecule has 1 amide bonds. The molecule has 0 saturated carbocycles. The highest BCUT2D eigenvalue weighted by Crippen LogP contribution is 2.29. The summed E-state index contributed by atoms with van der Waals surface area (Å²) < 4.78 is 28.1. The molecule has 2 aromatic rings. The SMILES string of the molecule is O=C(NCCC1=CCCCC1)[C@@H]1Cc2ccccc2CN1S(=O)(=O)c1ccccc1. The van der Waals surface area contributed by atoms with Crippen molar-refractivity contribution in [2.45, 2.75) is 56.0 Å². The summed E-state index contributed by atoms with van der Waals surface area (Å²) in [5.41, 5.74) is 3.38. The van der Waals surface area contributed by atoms with E-state index < -0.39 is 16.1 Å². The quantitative estimate of drug-likeness (QED) is 0.717. The Balaban J connectivity index is 1.55. The van der Waals surface area contributed by atoms with Crippen molar-refractivity contribution in [2.24, 2.45) is 0 Å².